The molecule has 106 valence electrons. The molecule has 0 aliphatic heterocycles. The summed E-state index contributed by atoms with van der Waals surface area (Å²) in [6, 6.07) is 11.2. The van der Waals surface area contributed by atoms with Crippen molar-refractivity contribution in [3.63, 3.8) is 0 Å². The van der Waals surface area contributed by atoms with Crippen LogP contribution in [0.3, 0.4) is 0 Å². The minimum absolute atomic E-state index is 0.361. The molecule has 0 fully saturated rings. The Morgan fingerprint density at radius 1 is 1.10 bits per heavy atom. The molecule has 0 spiro atoms. The largest absolute Gasteiger partial charge is 0.497 e. The summed E-state index contributed by atoms with van der Waals surface area (Å²) in [6.45, 7) is 1.79. The third kappa shape index (κ3) is 2.29. The Balaban J connectivity index is 2.28. The molecule has 0 bridgehead atoms. The molecule has 3 aromatic rings. The minimum Gasteiger partial charge on any atom is -0.497 e. The lowest BCUT2D eigenvalue weighted by atomic mass is 9.99. The van der Waals surface area contributed by atoms with E-state index in [9.17, 15) is 9.18 Å². The highest BCUT2D eigenvalue weighted by molar-refractivity contribution is 5.86. The molecule has 0 N–H and O–H groups in total. The van der Waals surface area contributed by atoms with E-state index in [4.69, 9.17) is 9.15 Å². The molecule has 3 rings (SSSR count). The fourth-order valence-electron chi connectivity index (χ4n) is 2.41. The molecule has 0 aliphatic rings. The quantitative estimate of drug-likeness (QED) is 0.670. The zero-order chi connectivity index (χ0) is 15.0. The smallest absolute Gasteiger partial charge is 0.344 e. The van der Waals surface area contributed by atoms with Gasteiger partial charge in [-0.1, -0.05) is 12.1 Å². The standard InChI is InChI=1S/C17H13FO3/c1-10-14-9-12(18)5-8-15(14)21-17(19)16(10)11-3-6-13(20-2)7-4-11/h3-9H,1-2H3. The zero-order valence-electron chi connectivity index (χ0n) is 11.6. The molecule has 1 heterocycles. The van der Waals surface area contributed by atoms with E-state index in [0.29, 0.717) is 33.4 Å². The van der Waals surface area contributed by atoms with Crippen molar-refractivity contribution >= 4 is 11.0 Å². The normalized spacial score (nSPS) is 10.8. The third-order valence-electron chi connectivity index (χ3n) is 3.51. The molecule has 0 saturated heterocycles. The van der Waals surface area contributed by atoms with Gasteiger partial charge in [0.25, 0.3) is 0 Å². The molecule has 0 radical (unpaired) electrons. The molecule has 3 nitrogen and oxygen atoms in total. The summed E-state index contributed by atoms with van der Waals surface area (Å²) < 4.78 is 23.8. The van der Waals surface area contributed by atoms with Crippen molar-refractivity contribution in [3.05, 3.63) is 64.3 Å². The van der Waals surface area contributed by atoms with Crippen LogP contribution < -0.4 is 10.4 Å². The molecule has 4 heteroatoms. The molecule has 1 aromatic heterocycles. The maximum Gasteiger partial charge on any atom is 0.344 e. The summed E-state index contributed by atoms with van der Waals surface area (Å²) in [7, 11) is 1.58. The predicted molar refractivity (Wildman–Crippen MR) is 79.2 cm³/mol. The van der Waals surface area contributed by atoms with Gasteiger partial charge in [0.1, 0.15) is 17.1 Å². The van der Waals surface area contributed by atoms with Crippen LogP contribution in [-0.4, -0.2) is 7.11 Å². The molecular weight excluding hydrogens is 271 g/mol. The Bertz CT molecular complexity index is 864. The van der Waals surface area contributed by atoms with Gasteiger partial charge in [-0.15, -0.1) is 0 Å². The molecule has 21 heavy (non-hydrogen) atoms. The molecular formula is C17H13FO3. The maximum atomic E-state index is 13.4. The Labute approximate surface area is 120 Å². The van der Waals surface area contributed by atoms with E-state index in [0.717, 1.165) is 0 Å². The van der Waals surface area contributed by atoms with E-state index >= 15 is 0 Å². The van der Waals surface area contributed by atoms with Crippen LogP contribution in [0.15, 0.2) is 51.7 Å². The monoisotopic (exact) mass is 284 g/mol. The van der Waals surface area contributed by atoms with Crippen LogP contribution >= 0.6 is 0 Å². The summed E-state index contributed by atoms with van der Waals surface area (Å²) in [5.74, 6) is 0.341. The minimum atomic E-state index is -0.434. The number of rotatable bonds is 2. The Morgan fingerprint density at radius 2 is 1.81 bits per heavy atom. The maximum absolute atomic E-state index is 13.4. The van der Waals surface area contributed by atoms with E-state index in [1.807, 2.05) is 0 Å². The summed E-state index contributed by atoms with van der Waals surface area (Å²) in [5.41, 5.74) is 1.81. The highest BCUT2D eigenvalue weighted by Crippen LogP contribution is 2.28. The first kappa shape index (κ1) is 13.4. The number of halogens is 1. The fourth-order valence-corrected chi connectivity index (χ4v) is 2.41. The highest BCUT2D eigenvalue weighted by atomic mass is 19.1. The van der Waals surface area contributed by atoms with Crippen molar-refractivity contribution in [1.82, 2.24) is 0 Å². The first-order chi connectivity index (χ1) is 10.1. The summed E-state index contributed by atoms with van der Waals surface area (Å²) in [5, 5.41) is 0.598. The summed E-state index contributed by atoms with van der Waals surface area (Å²) >= 11 is 0. The van der Waals surface area contributed by atoms with Gasteiger partial charge < -0.3 is 9.15 Å². The van der Waals surface area contributed by atoms with Gasteiger partial charge >= 0.3 is 5.63 Å². The Hall–Kier alpha value is -2.62. The number of hydrogen-bond donors (Lipinski definition) is 0. The average Bonchev–Trinajstić information content (AvgIpc) is 2.49. The van der Waals surface area contributed by atoms with Crippen molar-refractivity contribution in [1.29, 1.82) is 0 Å². The van der Waals surface area contributed by atoms with Crippen LogP contribution in [0.1, 0.15) is 5.56 Å². The number of methoxy groups -OCH3 is 1. The first-order valence-corrected chi connectivity index (χ1v) is 6.47. The lowest BCUT2D eigenvalue weighted by Crippen LogP contribution is -2.06. The van der Waals surface area contributed by atoms with Gasteiger partial charge in [-0.3, -0.25) is 0 Å². The zero-order valence-corrected chi connectivity index (χ0v) is 11.6. The second-order valence-electron chi connectivity index (χ2n) is 4.76. The predicted octanol–water partition coefficient (Wildman–Crippen LogP) is 3.92. The van der Waals surface area contributed by atoms with Gasteiger partial charge in [-0.05, 0) is 48.4 Å². The number of benzene rings is 2. The molecule has 0 unspecified atom stereocenters. The van der Waals surface area contributed by atoms with E-state index in [1.54, 1.807) is 38.3 Å². The van der Waals surface area contributed by atoms with Gasteiger partial charge in [-0.2, -0.15) is 0 Å². The summed E-state index contributed by atoms with van der Waals surface area (Å²) in [6.07, 6.45) is 0. The van der Waals surface area contributed by atoms with Crippen LogP contribution in [0, 0.1) is 12.7 Å². The molecule has 2 aromatic carbocycles. The van der Waals surface area contributed by atoms with Crippen LogP contribution in [-0.2, 0) is 0 Å². The van der Waals surface area contributed by atoms with Crippen LogP contribution in [0.25, 0.3) is 22.1 Å². The lowest BCUT2D eigenvalue weighted by Gasteiger charge is -2.08. The first-order valence-electron chi connectivity index (χ1n) is 6.47. The SMILES string of the molecule is COc1ccc(-c2c(C)c3cc(F)ccc3oc2=O)cc1. The number of aryl methyl sites for hydroxylation is 1. The van der Waals surface area contributed by atoms with E-state index in [-0.39, 0.29) is 5.82 Å². The fraction of sp³-hybridized carbons (Fsp3) is 0.118. The van der Waals surface area contributed by atoms with Crippen molar-refractivity contribution < 1.29 is 13.5 Å². The highest BCUT2D eigenvalue weighted by Gasteiger charge is 2.13. The van der Waals surface area contributed by atoms with E-state index in [1.165, 1.54) is 18.2 Å². The van der Waals surface area contributed by atoms with Gasteiger partial charge in [0.15, 0.2) is 0 Å². The second-order valence-corrected chi connectivity index (χ2v) is 4.76. The lowest BCUT2D eigenvalue weighted by molar-refractivity contribution is 0.415. The Kier molecular flexibility index (Phi) is 3.22. The second kappa shape index (κ2) is 5.05. The van der Waals surface area contributed by atoms with Gasteiger partial charge in [-0.25, -0.2) is 9.18 Å². The van der Waals surface area contributed by atoms with E-state index in [2.05, 4.69) is 0 Å². The van der Waals surface area contributed by atoms with Crippen LogP contribution in [0.4, 0.5) is 4.39 Å². The van der Waals surface area contributed by atoms with Crippen LogP contribution in [0.5, 0.6) is 5.75 Å². The topological polar surface area (TPSA) is 39.4 Å². The Morgan fingerprint density at radius 3 is 2.48 bits per heavy atom. The summed E-state index contributed by atoms with van der Waals surface area (Å²) in [4.78, 5) is 12.2. The molecule has 0 atom stereocenters. The van der Waals surface area contributed by atoms with Crippen molar-refractivity contribution in [2.75, 3.05) is 7.11 Å². The third-order valence-corrected chi connectivity index (χ3v) is 3.51. The van der Waals surface area contributed by atoms with Crippen LogP contribution in [0.2, 0.25) is 0 Å². The molecule has 0 amide bonds. The van der Waals surface area contributed by atoms with Gasteiger partial charge in [0.05, 0.1) is 12.7 Å². The molecule has 0 aliphatic carbocycles. The number of hydrogen-bond acceptors (Lipinski definition) is 3. The number of ether oxygens (including phenoxy) is 1. The van der Waals surface area contributed by atoms with E-state index < -0.39 is 5.63 Å². The van der Waals surface area contributed by atoms with Crippen molar-refractivity contribution in [2.24, 2.45) is 0 Å². The average molecular weight is 284 g/mol. The number of fused-ring (bicyclic) bond motifs is 1. The van der Waals surface area contributed by atoms with Gasteiger partial charge in [0.2, 0.25) is 0 Å². The van der Waals surface area contributed by atoms with Gasteiger partial charge in [0, 0.05) is 5.39 Å². The van der Waals surface area contributed by atoms with Crippen molar-refractivity contribution in [2.45, 2.75) is 6.92 Å². The van der Waals surface area contributed by atoms with Crippen molar-refractivity contribution in [3.8, 4) is 16.9 Å². The molecule has 0 saturated carbocycles.